The van der Waals surface area contributed by atoms with Crippen molar-refractivity contribution in [1.29, 1.82) is 0 Å². The van der Waals surface area contributed by atoms with Crippen molar-refractivity contribution < 1.29 is 18.0 Å². The standard InChI is InChI=1S/C13H20F3NO/c1-8(2)10-6-17(7-11(10)14)12(18)9-3-4-13(15,16)5-9/h8-11H,3-7H2,1-2H3. The highest BCUT2D eigenvalue weighted by Crippen LogP contribution is 2.40. The zero-order chi connectivity index (χ0) is 13.5. The van der Waals surface area contributed by atoms with Gasteiger partial charge in [0.05, 0.1) is 6.54 Å². The van der Waals surface area contributed by atoms with Gasteiger partial charge in [-0.25, -0.2) is 13.2 Å². The van der Waals surface area contributed by atoms with E-state index in [-0.39, 0.29) is 43.6 Å². The second-order valence-corrected chi connectivity index (χ2v) is 5.96. The van der Waals surface area contributed by atoms with Gasteiger partial charge in [0.15, 0.2) is 0 Å². The topological polar surface area (TPSA) is 20.3 Å². The minimum Gasteiger partial charge on any atom is -0.339 e. The molecule has 0 N–H and O–H groups in total. The number of likely N-dealkylation sites (tertiary alicyclic amines) is 1. The average molecular weight is 263 g/mol. The molecule has 1 amide bonds. The number of rotatable bonds is 2. The Bertz CT molecular complexity index is 332. The third kappa shape index (κ3) is 2.64. The summed E-state index contributed by atoms with van der Waals surface area (Å²) < 4.78 is 39.9. The minimum atomic E-state index is -2.72. The molecule has 2 nitrogen and oxygen atoms in total. The maximum absolute atomic E-state index is 13.7. The number of amides is 1. The SMILES string of the molecule is CC(C)C1CN(C(=O)C2CCC(F)(F)C2)CC1F. The van der Waals surface area contributed by atoms with Crippen LogP contribution in [0.3, 0.4) is 0 Å². The average Bonchev–Trinajstić information content (AvgIpc) is 2.80. The van der Waals surface area contributed by atoms with Crippen LogP contribution in [-0.2, 0) is 4.79 Å². The van der Waals surface area contributed by atoms with Crippen LogP contribution in [0.25, 0.3) is 0 Å². The quantitative estimate of drug-likeness (QED) is 0.750. The lowest BCUT2D eigenvalue weighted by molar-refractivity contribution is -0.135. The summed E-state index contributed by atoms with van der Waals surface area (Å²) in [7, 11) is 0. The first-order chi connectivity index (χ1) is 8.30. The highest BCUT2D eigenvalue weighted by atomic mass is 19.3. The van der Waals surface area contributed by atoms with E-state index in [1.165, 1.54) is 4.90 Å². The number of halogens is 3. The minimum absolute atomic E-state index is 0.0732. The maximum atomic E-state index is 13.7. The molecule has 104 valence electrons. The fraction of sp³-hybridized carbons (Fsp3) is 0.923. The van der Waals surface area contributed by atoms with E-state index in [1.54, 1.807) is 0 Å². The first-order valence-corrected chi connectivity index (χ1v) is 6.61. The van der Waals surface area contributed by atoms with E-state index >= 15 is 0 Å². The van der Waals surface area contributed by atoms with Crippen LogP contribution in [-0.4, -0.2) is 36.0 Å². The molecule has 0 spiro atoms. The monoisotopic (exact) mass is 263 g/mol. The van der Waals surface area contributed by atoms with Crippen LogP contribution in [0.5, 0.6) is 0 Å². The van der Waals surface area contributed by atoms with Gasteiger partial charge in [0.25, 0.3) is 0 Å². The van der Waals surface area contributed by atoms with Crippen LogP contribution in [0.2, 0.25) is 0 Å². The molecule has 1 saturated carbocycles. The predicted molar refractivity (Wildman–Crippen MR) is 62.1 cm³/mol. The molecule has 1 aliphatic carbocycles. The summed E-state index contributed by atoms with van der Waals surface area (Å²) in [5, 5.41) is 0. The van der Waals surface area contributed by atoms with Crippen LogP contribution in [0.15, 0.2) is 0 Å². The molecule has 2 rings (SSSR count). The van der Waals surface area contributed by atoms with Gasteiger partial charge >= 0.3 is 0 Å². The fourth-order valence-corrected chi connectivity index (χ4v) is 3.02. The third-order valence-corrected chi connectivity index (χ3v) is 4.21. The first kappa shape index (κ1) is 13.7. The molecule has 18 heavy (non-hydrogen) atoms. The van der Waals surface area contributed by atoms with Gasteiger partial charge in [-0.05, 0) is 12.3 Å². The Kier molecular flexibility index (Phi) is 3.60. The lowest BCUT2D eigenvalue weighted by atomic mass is 9.94. The summed E-state index contributed by atoms with van der Waals surface area (Å²) in [6.45, 7) is 4.30. The van der Waals surface area contributed by atoms with Gasteiger partial charge in [0.2, 0.25) is 11.8 Å². The van der Waals surface area contributed by atoms with Gasteiger partial charge < -0.3 is 4.90 Å². The van der Waals surface area contributed by atoms with Crippen molar-refractivity contribution >= 4 is 5.91 Å². The van der Waals surface area contributed by atoms with E-state index in [4.69, 9.17) is 0 Å². The van der Waals surface area contributed by atoms with E-state index < -0.39 is 18.0 Å². The molecule has 1 heterocycles. The van der Waals surface area contributed by atoms with Crippen molar-refractivity contribution in [3.8, 4) is 0 Å². The van der Waals surface area contributed by atoms with Crippen LogP contribution >= 0.6 is 0 Å². The number of hydrogen-bond acceptors (Lipinski definition) is 1. The van der Waals surface area contributed by atoms with Gasteiger partial charge in [0, 0.05) is 31.2 Å². The largest absolute Gasteiger partial charge is 0.339 e. The Balaban J connectivity index is 1.96. The van der Waals surface area contributed by atoms with Crippen LogP contribution in [0, 0.1) is 17.8 Å². The predicted octanol–water partition coefficient (Wildman–Crippen LogP) is 2.87. The molecule has 3 unspecified atom stereocenters. The highest BCUT2D eigenvalue weighted by molar-refractivity contribution is 5.79. The Morgan fingerprint density at radius 1 is 1.33 bits per heavy atom. The number of carbonyl (C=O) groups excluding carboxylic acids is 1. The molecule has 0 bridgehead atoms. The number of hydrogen-bond donors (Lipinski definition) is 0. The Morgan fingerprint density at radius 3 is 2.44 bits per heavy atom. The van der Waals surface area contributed by atoms with E-state index in [0.29, 0.717) is 6.54 Å². The van der Waals surface area contributed by atoms with Crippen LogP contribution in [0.1, 0.15) is 33.1 Å². The van der Waals surface area contributed by atoms with E-state index in [2.05, 4.69) is 0 Å². The fourth-order valence-electron chi connectivity index (χ4n) is 3.02. The van der Waals surface area contributed by atoms with Crippen LogP contribution < -0.4 is 0 Å². The van der Waals surface area contributed by atoms with Crippen molar-refractivity contribution in [2.75, 3.05) is 13.1 Å². The Labute approximate surface area is 106 Å². The lowest BCUT2D eigenvalue weighted by Crippen LogP contribution is -2.34. The summed E-state index contributed by atoms with van der Waals surface area (Å²) in [5.41, 5.74) is 0. The second kappa shape index (κ2) is 4.74. The molecule has 1 saturated heterocycles. The molecule has 0 aromatic heterocycles. The zero-order valence-corrected chi connectivity index (χ0v) is 10.8. The molecule has 3 atom stereocenters. The molecular formula is C13H20F3NO. The number of alkyl halides is 3. The van der Waals surface area contributed by atoms with Crippen LogP contribution in [0.4, 0.5) is 13.2 Å². The molecule has 2 aliphatic rings. The molecule has 0 aromatic rings. The molecular weight excluding hydrogens is 243 g/mol. The summed E-state index contributed by atoms with van der Waals surface area (Å²) in [4.78, 5) is 13.5. The maximum Gasteiger partial charge on any atom is 0.248 e. The van der Waals surface area contributed by atoms with E-state index in [1.807, 2.05) is 13.8 Å². The van der Waals surface area contributed by atoms with Gasteiger partial charge in [-0.1, -0.05) is 13.8 Å². The smallest absolute Gasteiger partial charge is 0.248 e. The van der Waals surface area contributed by atoms with Gasteiger partial charge in [-0.15, -0.1) is 0 Å². The van der Waals surface area contributed by atoms with Crippen molar-refractivity contribution in [2.45, 2.75) is 45.2 Å². The van der Waals surface area contributed by atoms with E-state index in [0.717, 1.165) is 0 Å². The van der Waals surface area contributed by atoms with Crippen molar-refractivity contribution in [3.05, 3.63) is 0 Å². The van der Waals surface area contributed by atoms with E-state index in [9.17, 15) is 18.0 Å². The zero-order valence-electron chi connectivity index (χ0n) is 10.8. The summed E-state index contributed by atoms with van der Waals surface area (Å²) >= 11 is 0. The van der Waals surface area contributed by atoms with Gasteiger partial charge in [-0.3, -0.25) is 4.79 Å². The van der Waals surface area contributed by atoms with Crippen molar-refractivity contribution in [3.63, 3.8) is 0 Å². The molecule has 0 aromatic carbocycles. The molecule has 0 radical (unpaired) electrons. The normalized spacial score (nSPS) is 35.4. The molecule has 1 aliphatic heterocycles. The second-order valence-electron chi connectivity index (χ2n) is 5.96. The Morgan fingerprint density at radius 2 is 2.00 bits per heavy atom. The highest BCUT2D eigenvalue weighted by Gasteiger charge is 2.46. The van der Waals surface area contributed by atoms with Crippen molar-refractivity contribution in [2.24, 2.45) is 17.8 Å². The number of nitrogens with zero attached hydrogens (tertiary/aromatic N) is 1. The molecule has 2 fully saturated rings. The van der Waals surface area contributed by atoms with Gasteiger partial charge in [0.1, 0.15) is 6.17 Å². The number of carbonyl (C=O) groups is 1. The van der Waals surface area contributed by atoms with Gasteiger partial charge in [-0.2, -0.15) is 0 Å². The first-order valence-electron chi connectivity index (χ1n) is 6.61. The van der Waals surface area contributed by atoms with Crippen molar-refractivity contribution in [1.82, 2.24) is 4.90 Å². The summed E-state index contributed by atoms with van der Waals surface area (Å²) in [6, 6.07) is 0. The molecule has 5 heteroatoms. The third-order valence-electron chi connectivity index (χ3n) is 4.21. The summed E-state index contributed by atoms with van der Waals surface area (Å²) in [5.74, 6) is -3.60. The Hall–Kier alpha value is -0.740. The lowest BCUT2D eigenvalue weighted by Gasteiger charge is -2.21. The summed E-state index contributed by atoms with van der Waals surface area (Å²) in [6.07, 6.45) is -1.38.